The van der Waals surface area contributed by atoms with E-state index in [0.29, 0.717) is 6.10 Å². The molecule has 16 heavy (non-hydrogen) atoms. The Balaban J connectivity index is 3.35. The maximum atomic E-state index is 5.77. The highest BCUT2D eigenvalue weighted by Crippen LogP contribution is 2.06. The molecule has 0 aromatic rings. The molecule has 0 radical (unpaired) electrons. The van der Waals surface area contributed by atoms with Crippen molar-refractivity contribution in [2.45, 2.75) is 72.4 Å². The van der Waals surface area contributed by atoms with Gasteiger partial charge in [0.05, 0.1) is 6.10 Å². The minimum Gasteiger partial charge on any atom is -0.378 e. The smallest absolute Gasteiger partial charge is 0.0559 e. The summed E-state index contributed by atoms with van der Waals surface area (Å²) in [6.07, 6.45) is 3.93. The van der Waals surface area contributed by atoms with E-state index in [1.54, 1.807) is 0 Å². The van der Waals surface area contributed by atoms with E-state index in [-0.39, 0.29) is 5.54 Å². The SMILES string of the molecule is CC(C)CCCOC(C)CCNC(C)(C)C. The van der Waals surface area contributed by atoms with Crippen molar-refractivity contribution in [1.82, 2.24) is 5.32 Å². The molecule has 0 aromatic carbocycles. The van der Waals surface area contributed by atoms with Crippen molar-refractivity contribution in [3.05, 3.63) is 0 Å². The van der Waals surface area contributed by atoms with Crippen LogP contribution < -0.4 is 5.32 Å². The fourth-order valence-corrected chi connectivity index (χ4v) is 1.51. The Morgan fingerprint density at radius 2 is 1.69 bits per heavy atom. The second kappa shape index (κ2) is 8.08. The van der Waals surface area contributed by atoms with E-state index in [9.17, 15) is 0 Å². The standard InChI is InChI=1S/C14H31NO/c1-12(2)8-7-11-16-13(3)9-10-15-14(4,5)6/h12-13,15H,7-11H2,1-6H3. The topological polar surface area (TPSA) is 21.3 Å². The summed E-state index contributed by atoms with van der Waals surface area (Å²) in [5.41, 5.74) is 0.220. The van der Waals surface area contributed by atoms with Crippen molar-refractivity contribution in [3.8, 4) is 0 Å². The van der Waals surface area contributed by atoms with Gasteiger partial charge in [-0.15, -0.1) is 0 Å². The Bertz CT molecular complexity index is 161. The minimum absolute atomic E-state index is 0.220. The van der Waals surface area contributed by atoms with Crippen molar-refractivity contribution in [2.75, 3.05) is 13.2 Å². The summed E-state index contributed by atoms with van der Waals surface area (Å²) in [4.78, 5) is 0. The Kier molecular flexibility index (Phi) is 8.04. The highest BCUT2D eigenvalue weighted by molar-refractivity contribution is 4.70. The average Bonchev–Trinajstić information content (AvgIpc) is 2.10. The predicted octanol–water partition coefficient (Wildman–Crippen LogP) is 3.61. The molecule has 1 N–H and O–H groups in total. The zero-order valence-corrected chi connectivity index (χ0v) is 12.1. The van der Waals surface area contributed by atoms with E-state index in [1.165, 1.54) is 12.8 Å². The van der Waals surface area contributed by atoms with Crippen LogP contribution in [0.5, 0.6) is 0 Å². The third kappa shape index (κ3) is 12.0. The molecule has 0 heterocycles. The summed E-state index contributed by atoms with van der Waals surface area (Å²) in [6.45, 7) is 15.2. The van der Waals surface area contributed by atoms with Crippen LogP contribution in [-0.4, -0.2) is 24.8 Å². The quantitative estimate of drug-likeness (QED) is 0.642. The molecule has 0 aliphatic carbocycles. The van der Waals surface area contributed by atoms with Gasteiger partial charge in [0.1, 0.15) is 0 Å². The lowest BCUT2D eigenvalue weighted by molar-refractivity contribution is 0.0554. The van der Waals surface area contributed by atoms with E-state index in [2.05, 4.69) is 46.9 Å². The molecule has 0 amide bonds. The van der Waals surface area contributed by atoms with E-state index >= 15 is 0 Å². The highest BCUT2D eigenvalue weighted by Gasteiger charge is 2.09. The maximum absolute atomic E-state index is 5.77. The van der Waals surface area contributed by atoms with Crippen LogP contribution in [0, 0.1) is 5.92 Å². The predicted molar refractivity (Wildman–Crippen MR) is 71.9 cm³/mol. The molecule has 0 saturated carbocycles. The van der Waals surface area contributed by atoms with E-state index in [4.69, 9.17) is 4.74 Å². The van der Waals surface area contributed by atoms with Crippen LogP contribution in [0.25, 0.3) is 0 Å². The summed E-state index contributed by atoms with van der Waals surface area (Å²) < 4.78 is 5.77. The third-order valence-electron chi connectivity index (χ3n) is 2.53. The summed E-state index contributed by atoms with van der Waals surface area (Å²) in [5, 5.41) is 3.48. The molecule has 0 saturated heterocycles. The molecule has 1 atom stereocenters. The first-order chi connectivity index (χ1) is 7.31. The Hall–Kier alpha value is -0.0800. The lowest BCUT2D eigenvalue weighted by Crippen LogP contribution is -2.37. The van der Waals surface area contributed by atoms with Crippen LogP contribution in [0.1, 0.15) is 60.8 Å². The van der Waals surface area contributed by atoms with Gasteiger partial charge in [-0.2, -0.15) is 0 Å². The van der Waals surface area contributed by atoms with Crippen molar-refractivity contribution in [2.24, 2.45) is 5.92 Å². The number of nitrogens with one attached hydrogen (secondary N) is 1. The van der Waals surface area contributed by atoms with Gasteiger partial charge in [-0.1, -0.05) is 13.8 Å². The molecule has 0 aliphatic rings. The number of hydrogen-bond acceptors (Lipinski definition) is 2. The van der Waals surface area contributed by atoms with Gasteiger partial charge < -0.3 is 10.1 Å². The summed E-state index contributed by atoms with van der Waals surface area (Å²) in [5.74, 6) is 0.793. The molecule has 98 valence electrons. The first-order valence-electron chi connectivity index (χ1n) is 6.68. The van der Waals surface area contributed by atoms with Gasteiger partial charge in [0.15, 0.2) is 0 Å². The monoisotopic (exact) mass is 229 g/mol. The zero-order valence-electron chi connectivity index (χ0n) is 12.1. The Morgan fingerprint density at radius 3 is 2.19 bits per heavy atom. The van der Waals surface area contributed by atoms with Crippen molar-refractivity contribution >= 4 is 0 Å². The van der Waals surface area contributed by atoms with Gasteiger partial charge in [-0.25, -0.2) is 0 Å². The van der Waals surface area contributed by atoms with Gasteiger partial charge in [-0.05, 0) is 59.4 Å². The molecular formula is C14H31NO. The lowest BCUT2D eigenvalue weighted by Gasteiger charge is -2.22. The fraction of sp³-hybridized carbons (Fsp3) is 1.00. The normalized spacial score (nSPS) is 14.4. The molecular weight excluding hydrogens is 198 g/mol. The Labute approximate surface area is 102 Å². The van der Waals surface area contributed by atoms with Gasteiger partial charge in [0, 0.05) is 12.1 Å². The molecule has 1 unspecified atom stereocenters. The van der Waals surface area contributed by atoms with Crippen LogP contribution in [0.15, 0.2) is 0 Å². The second-order valence-electron chi connectivity index (χ2n) is 6.18. The summed E-state index contributed by atoms with van der Waals surface area (Å²) >= 11 is 0. The third-order valence-corrected chi connectivity index (χ3v) is 2.53. The Morgan fingerprint density at radius 1 is 1.06 bits per heavy atom. The van der Waals surface area contributed by atoms with Gasteiger partial charge in [0.2, 0.25) is 0 Å². The zero-order chi connectivity index (χ0) is 12.6. The first-order valence-corrected chi connectivity index (χ1v) is 6.68. The second-order valence-corrected chi connectivity index (χ2v) is 6.18. The number of ether oxygens (including phenoxy) is 1. The van der Waals surface area contributed by atoms with E-state index in [1.807, 2.05) is 0 Å². The average molecular weight is 229 g/mol. The fourth-order valence-electron chi connectivity index (χ4n) is 1.51. The molecule has 0 aromatic heterocycles. The molecule has 0 bridgehead atoms. The summed E-state index contributed by atoms with van der Waals surface area (Å²) in [7, 11) is 0. The minimum atomic E-state index is 0.220. The van der Waals surface area contributed by atoms with Crippen LogP contribution in [0.3, 0.4) is 0 Å². The van der Waals surface area contributed by atoms with Crippen LogP contribution in [-0.2, 0) is 4.74 Å². The molecule has 2 nitrogen and oxygen atoms in total. The van der Waals surface area contributed by atoms with Crippen molar-refractivity contribution in [3.63, 3.8) is 0 Å². The van der Waals surface area contributed by atoms with Gasteiger partial charge in [-0.3, -0.25) is 0 Å². The van der Waals surface area contributed by atoms with E-state index < -0.39 is 0 Å². The highest BCUT2D eigenvalue weighted by atomic mass is 16.5. The maximum Gasteiger partial charge on any atom is 0.0559 e. The summed E-state index contributed by atoms with van der Waals surface area (Å²) in [6, 6.07) is 0. The molecule has 2 heteroatoms. The first kappa shape index (κ1) is 15.9. The van der Waals surface area contributed by atoms with Crippen LogP contribution in [0.2, 0.25) is 0 Å². The van der Waals surface area contributed by atoms with Crippen molar-refractivity contribution < 1.29 is 4.74 Å². The number of hydrogen-bond donors (Lipinski definition) is 1. The van der Waals surface area contributed by atoms with Gasteiger partial charge >= 0.3 is 0 Å². The molecule has 0 aliphatic heterocycles. The molecule has 0 fully saturated rings. The molecule has 0 rings (SSSR count). The van der Waals surface area contributed by atoms with E-state index in [0.717, 1.165) is 25.5 Å². The van der Waals surface area contributed by atoms with Gasteiger partial charge in [0.25, 0.3) is 0 Å². The largest absolute Gasteiger partial charge is 0.378 e. The lowest BCUT2D eigenvalue weighted by atomic mass is 10.1. The van der Waals surface area contributed by atoms with Crippen LogP contribution >= 0.6 is 0 Å². The number of rotatable bonds is 8. The van der Waals surface area contributed by atoms with Crippen LogP contribution in [0.4, 0.5) is 0 Å². The van der Waals surface area contributed by atoms with Crippen molar-refractivity contribution in [1.29, 1.82) is 0 Å². The molecule has 0 spiro atoms.